The highest BCUT2D eigenvalue weighted by Gasteiger charge is 2.19. The largest absolute Gasteiger partial charge is 0.469 e. The molecular weight excluding hydrogens is 218 g/mol. The minimum Gasteiger partial charge on any atom is -0.469 e. The SMILES string of the molecule is c1coc(CCc2nnn(C3CCNC3)n2)c1. The number of tetrazole rings is 1. The molecule has 0 amide bonds. The number of aromatic nitrogens is 4. The van der Waals surface area contributed by atoms with Gasteiger partial charge >= 0.3 is 0 Å². The molecule has 0 radical (unpaired) electrons. The Balaban J connectivity index is 1.60. The number of aryl methyl sites for hydroxylation is 2. The molecule has 1 N–H and O–H groups in total. The van der Waals surface area contributed by atoms with E-state index in [4.69, 9.17) is 4.42 Å². The Bertz CT molecular complexity index is 458. The molecule has 2 aromatic rings. The molecule has 0 aromatic carbocycles. The summed E-state index contributed by atoms with van der Waals surface area (Å²) in [5.74, 6) is 1.75. The zero-order valence-electron chi connectivity index (χ0n) is 9.54. The van der Waals surface area contributed by atoms with Crippen molar-refractivity contribution in [3.8, 4) is 0 Å². The van der Waals surface area contributed by atoms with Crippen molar-refractivity contribution in [2.45, 2.75) is 25.3 Å². The molecule has 1 atom stereocenters. The highest BCUT2D eigenvalue weighted by atomic mass is 16.3. The van der Waals surface area contributed by atoms with E-state index in [0.717, 1.165) is 43.9 Å². The van der Waals surface area contributed by atoms with Crippen LogP contribution in [-0.2, 0) is 12.8 Å². The molecule has 2 aromatic heterocycles. The van der Waals surface area contributed by atoms with Crippen molar-refractivity contribution in [1.29, 1.82) is 0 Å². The predicted octanol–water partition coefficient (Wildman–Crippen LogP) is 0.586. The van der Waals surface area contributed by atoms with Gasteiger partial charge in [0.15, 0.2) is 5.82 Å². The topological polar surface area (TPSA) is 68.8 Å². The Kier molecular flexibility index (Phi) is 2.87. The van der Waals surface area contributed by atoms with Gasteiger partial charge in [-0.1, -0.05) is 0 Å². The summed E-state index contributed by atoms with van der Waals surface area (Å²) >= 11 is 0. The van der Waals surface area contributed by atoms with Gasteiger partial charge in [-0.05, 0) is 30.3 Å². The van der Waals surface area contributed by atoms with Crippen LogP contribution < -0.4 is 5.32 Å². The van der Waals surface area contributed by atoms with E-state index in [1.807, 2.05) is 12.1 Å². The maximum absolute atomic E-state index is 5.27. The van der Waals surface area contributed by atoms with Crippen LogP contribution in [0.2, 0.25) is 0 Å². The fraction of sp³-hybridized carbons (Fsp3) is 0.545. The van der Waals surface area contributed by atoms with Crippen LogP contribution in [-0.4, -0.2) is 33.3 Å². The third kappa shape index (κ3) is 2.36. The quantitative estimate of drug-likeness (QED) is 0.836. The van der Waals surface area contributed by atoms with Gasteiger partial charge in [-0.25, -0.2) is 0 Å². The summed E-state index contributed by atoms with van der Waals surface area (Å²) in [4.78, 5) is 1.73. The Hall–Kier alpha value is -1.69. The van der Waals surface area contributed by atoms with Gasteiger partial charge < -0.3 is 9.73 Å². The minimum atomic E-state index is 0.361. The van der Waals surface area contributed by atoms with Crippen LogP contribution in [0.4, 0.5) is 0 Å². The molecule has 3 heterocycles. The average Bonchev–Trinajstić information content (AvgIpc) is 3.09. The second kappa shape index (κ2) is 4.67. The number of rotatable bonds is 4. The summed E-state index contributed by atoms with van der Waals surface area (Å²) in [6.07, 6.45) is 4.35. The molecule has 0 spiro atoms. The molecule has 0 saturated carbocycles. The van der Waals surface area contributed by atoms with Crippen molar-refractivity contribution >= 4 is 0 Å². The van der Waals surface area contributed by atoms with Crippen molar-refractivity contribution in [2.24, 2.45) is 0 Å². The molecule has 1 saturated heterocycles. The van der Waals surface area contributed by atoms with Crippen LogP contribution in [0.3, 0.4) is 0 Å². The normalized spacial score (nSPS) is 19.9. The Morgan fingerprint density at radius 2 is 2.47 bits per heavy atom. The zero-order valence-corrected chi connectivity index (χ0v) is 9.54. The lowest BCUT2D eigenvalue weighted by atomic mass is 10.2. The monoisotopic (exact) mass is 233 g/mol. The van der Waals surface area contributed by atoms with Crippen molar-refractivity contribution in [1.82, 2.24) is 25.5 Å². The summed E-state index contributed by atoms with van der Waals surface area (Å²) in [6, 6.07) is 4.22. The van der Waals surface area contributed by atoms with E-state index < -0.39 is 0 Å². The van der Waals surface area contributed by atoms with E-state index in [2.05, 4.69) is 20.7 Å². The fourth-order valence-corrected chi connectivity index (χ4v) is 2.04. The van der Waals surface area contributed by atoms with E-state index in [9.17, 15) is 0 Å². The van der Waals surface area contributed by atoms with Gasteiger partial charge in [-0.2, -0.15) is 4.80 Å². The molecule has 3 rings (SSSR count). The lowest BCUT2D eigenvalue weighted by molar-refractivity contribution is 0.422. The first-order chi connectivity index (χ1) is 8.42. The van der Waals surface area contributed by atoms with Crippen molar-refractivity contribution in [3.05, 3.63) is 30.0 Å². The van der Waals surface area contributed by atoms with Gasteiger partial charge in [0.2, 0.25) is 0 Å². The van der Waals surface area contributed by atoms with E-state index in [0.29, 0.717) is 6.04 Å². The number of nitrogens with one attached hydrogen (secondary N) is 1. The van der Waals surface area contributed by atoms with Crippen LogP contribution in [0.1, 0.15) is 24.0 Å². The fourth-order valence-electron chi connectivity index (χ4n) is 2.04. The maximum Gasteiger partial charge on any atom is 0.175 e. The van der Waals surface area contributed by atoms with Crippen LogP contribution in [0.25, 0.3) is 0 Å². The van der Waals surface area contributed by atoms with Crippen molar-refractivity contribution in [2.75, 3.05) is 13.1 Å². The standard InChI is InChI=1S/C11H15N5O/c1-2-10(17-7-1)3-4-11-13-15-16(14-11)9-5-6-12-8-9/h1-2,7,9,12H,3-6,8H2. The first kappa shape index (κ1) is 10.5. The summed E-state index contributed by atoms with van der Waals surface area (Å²) in [6.45, 7) is 1.97. The smallest absolute Gasteiger partial charge is 0.175 e. The van der Waals surface area contributed by atoms with E-state index in [1.165, 1.54) is 0 Å². The third-order valence-electron chi connectivity index (χ3n) is 3.01. The van der Waals surface area contributed by atoms with Crippen LogP contribution in [0.15, 0.2) is 22.8 Å². The van der Waals surface area contributed by atoms with Gasteiger partial charge in [0.25, 0.3) is 0 Å². The van der Waals surface area contributed by atoms with Crippen LogP contribution in [0, 0.1) is 0 Å². The van der Waals surface area contributed by atoms with Crippen molar-refractivity contribution in [3.63, 3.8) is 0 Å². The Morgan fingerprint density at radius 3 is 3.24 bits per heavy atom. The molecule has 0 bridgehead atoms. The molecule has 1 unspecified atom stereocenters. The van der Waals surface area contributed by atoms with Gasteiger partial charge in [0.05, 0.1) is 12.3 Å². The van der Waals surface area contributed by atoms with E-state index >= 15 is 0 Å². The number of nitrogens with zero attached hydrogens (tertiary/aromatic N) is 4. The van der Waals surface area contributed by atoms with Gasteiger partial charge in [-0.15, -0.1) is 10.2 Å². The summed E-state index contributed by atoms with van der Waals surface area (Å²) < 4.78 is 5.27. The second-order valence-electron chi connectivity index (χ2n) is 4.25. The predicted molar refractivity (Wildman–Crippen MR) is 60.5 cm³/mol. The molecule has 1 aliphatic rings. The first-order valence-corrected chi connectivity index (χ1v) is 5.93. The minimum absolute atomic E-state index is 0.361. The molecule has 0 aliphatic carbocycles. The highest BCUT2D eigenvalue weighted by molar-refractivity contribution is 5.00. The maximum atomic E-state index is 5.27. The van der Waals surface area contributed by atoms with Crippen LogP contribution >= 0.6 is 0 Å². The molecule has 1 aliphatic heterocycles. The van der Waals surface area contributed by atoms with Gasteiger partial charge in [0, 0.05) is 19.4 Å². The second-order valence-corrected chi connectivity index (χ2v) is 4.25. The molecule has 17 heavy (non-hydrogen) atoms. The lowest BCUT2D eigenvalue weighted by Gasteiger charge is -2.03. The Morgan fingerprint density at radius 1 is 1.47 bits per heavy atom. The molecule has 1 fully saturated rings. The number of hydrogen-bond donors (Lipinski definition) is 1. The third-order valence-corrected chi connectivity index (χ3v) is 3.01. The number of hydrogen-bond acceptors (Lipinski definition) is 5. The van der Waals surface area contributed by atoms with Gasteiger partial charge in [-0.3, -0.25) is 0 Å². The van der Waals surface area contributed by atoms with E-state index in [-0.39, 0.29) is 0 Å². The summed E-state index contributed by atoms with van der Waals surface area (Å²) in [5, 5.41) is 15.9. The molecule has 90 valence electrons. The Labute approximate surface area is 99.0 Å². The molecular formula is C11H15N5O. The van der Waals surface area contributed by atoms with E-state index in [1.54, 1.807) is 11.1 Å². The van der Waals surface area contributed by atoms with Crippen LogP contribution in [0.5, 0.6) is 0 Å². The highest BCUT2D eigenvalue weighted by Crippen LogP contribution is 2.12. The first-order valence-electron chi connectivity index (χ1n) is 5.93. The molecule has 6 heteroatoms. The number of furan rings is 1. The zero-order chi connectivity index (χ0) is 11.5. The lowest BCUT2D eigenvalue weighted by Crippen LogP contribution is -2.16. The summed E-state index contributed by atoms with van der Waals surface area (Å²) in [7, 11) is 0. The van der Waals surface area contributed by atoms with Gasteiger partial charge in [0.1, 0.15) is 5.76 Å². The van der Waals surface area contributed by atoms with Crippen molar-refractivity contribution < 1.29 is 4.42 Å². The summed E-state index contributed by atoms with van der Waals surface area (Å²) in [5.41, 5.74) is 0. The molecule has 6 nitrogen and oxygen atoms in total. The average molecular weight is 233 g/mol.